The lowest BCUT2D eigenvalue weighted by molar-refractivity contribution is 0.442. The van der Waals surface area contributed by atoms with E-state index in [9.17, 15) is 0 Å². The third-order valence-corrected chi connectivity index (χ3v) is 3.11. The van der Waals surface area contributed by atoms with E-state index in [2.05, 4.69) is 23.0 Å². The van der Waals surface area contributed by atoms with E-state index in [1.807, 2.05) is 13.8 Å². The lowest BCUT2D eigenvalue weighted by Gasteiger charge is -2.21. The molecule has 0 aromatic carbocycles. The molecule has 2 N–H and O–H groups in total. The van der Waals surface area contributed by atoms with E-state index in [-0.39, 0.29) is 0 Å². The lowest BCUT2D eigenvalue weighted by atomic mass is 9.99. The van der Waals surface area contributed by atoms with Gasteiger partial charge in [0.1, 0.15) is 5.82 Å². The number of aromatic nitrogens is 2. The second kappa shape index (κ2) is 3.56. The van der Waals surface area contributed by atoms with Crippen molar-refractivity contribution in [3.63, 3.8) is 0 Å². The summed E-state index contributed by atoms with van der Waals surface area (Å²) in [6.45, 7) is 6.09. The van der Waals surface area contributed by atoms with Gasteiger partial charge in [-0.3, -0.25) is 0 Å². The molecule has 3 heteroatoms. The number of hydrogen-bond acceptors (Lipinski definition) is 3. The van der Waals surface area contributed by atoms with Crippen molar-refractivity contribution in [2.45, 2.75) is 51.5 Å². The Morgan fingerprint density at radius 2 is 2.13 bits per heavy atom. The van der Waals surface area contributed by atoms with E-state index in [1.54, 1.807) is 0 Å². The molecule has 1 aliphatic rings. The number of rotatable bonds is 3. The first kappa shape index (κ1) is 10.6. The normalized spacial score (nSPS) is 20.0. The van der Waals surface area contributed by atoms with Crippen LogP contribution in [0.2, 0.25) is 0 Å². The third-order valence-electron chi connectivity index (χ3n) is 3.11. The van der Waals surface area contributed by atoms with Crippen LogP contribution < -0.4 is 5.73 Å². The van der Waals surface area contributed by atoms with E-state index in [1.165, 1.54) is 18.5 Å². The summed E-state index contributed by atoms with van der Waals surface area (Å²) in [5, 5.41) is 0. The molecule has 0 saturated heterocycles. The summed E-state index contributed by atoms with van der Waals surface area (Å²) in [4.78, 5) is 9.05. The smallest absolute Gasteiger partial charge is 0.148 e. The van der Waals surface area contributed by atoms with Gasteiger partial charge in [-0.05, 0) is 39.2 Å². The predicted octanol–water partition coefficient (Wildman–Crippen LogP) is 2.25. The van der Waals surface area contributed by atoms with Crippen LogP contribution in [0.3, 0.4) is 0 Å². The Hall–Kier alpha value is -0.960. The molecule has 1 unspecified atom stereocenters. The fourth-order valence-electron chi connectivity index (χ4n) is 1.59. The molecule has 0 radical (unpaired) electrons. The monoisotopic (exact) mass is 205 g/mol. The summed E-state index contributed by atoms with van der Waals surface area (Å²) in [7, 11) is 0. The topological polar surface area (TPSA) is 51.8 Å². The third kappa shape index (κ3) is 2.17. The fraction of sp³-hybridized carbons (Fsp3) is 0.667. The molecular formula is C12H19N3. The highest BCUT2D eigenvalue weighted by Crippen LogP contribution is 2.39. The average molecular weight is 205 g/mol. The van der Waals surface area contributed by atoms with Gasteiger partial charge in [0.2, 0.25) is 0 Å². The van der Waals surface area contributed by atoms with Gasteiger partial charge in [0.05, 0.1) is 5.54 Å². The van der Waals surface area contributed by atoms with E-state index in [0.717, 1.165) is 17.9 Å². The average Bonchev–Trinajstić information content (AvgIpc) is 3.00. The Morgan fingerprint density at radius 3 is 2.67 bits per heavy atom. The first-order valence-electron chi connectivity index (χ1n) is 5.68. The van der Waals surface area contributed by atoms with Crippen molar-refractivity contribution >= 4 is 0 Å². The second-order valence-electron chi connectivity index (χ2n) is 4.80. The van der Waals surface area contributed by atoms with Crippen LogP contribution in [0.5, 0.6) is 0 Å². The molecule has 1 fully saturated rings. The van der Waals surface area contributed by atoms with Crippen LogP contribution in [0, 0.1) is 6.92 Å². The quantitative estimate of drug-likeness (QED) is 0.823. The number of hydrogen-bond donors (Lipinski definition) is 1. The van der Waals surface area contributed by atoms with Gasteiger partial charge in [-0.2, -0.15) is 0 Å². The second-order valence-corrected chi connectivity index (χ2v) is 4.80. The van der Waals surface area contributed by atoms with E-state index in [0.29, 0.717) is 5.92 Å². The number of nitrogens with two attached hydrogens (primary N) is 1. The van der Waals surface area contributed by atoms with Gasteiger partial charge >= 0.3 is 0 Å². The first-order chi connectivity index (χ1) is 7.03. The van der Waals surface area contributed by atoms with E-state index < -0.39 is 5.54 Å². The molecule has 3 nitrogen and oxygen atoms in total. The molecule has 1 aliphatic carbocycles. The van der Waals surface area contributed by atoms with Crippen LogP contribution in [0.25, 0.3) is 0 Å². The molecule has 15 heavy (non-hydrogen) atoms. The van der Waals surface area contributed by atoms with Crippen molar-refractivity contribution in [3.05, 3.63) is 23.3 Å². The molecule has 1 saturated carbocycles. The largest absolute Gasteiger partial charge is 0.319 e. The molecule has 0 aliphatic heterocycles. The van der Waals surface area contributed by atoms with Crippen molar-refractivity contribution in [3.8, 4) is 0 Å². The zero-order chi connectivity index (χ0) is 11.1. The highest BCUT2D eigenvalue weighted by Gasteiger charge is 2.28. The number of aryl methyl sites for hydroxylation is 1. The maximum atomic E-state index is 6.17. The van der Waals surface area contributed by atoms with Gasteiger partial charge in [0, 0.05) is 17.3 Å². The van der Waals surface area contributed by atoms with E-state index >= 15 is 0 Å². The van der Waals surface area contributed by atoms with Crippen LogP contribution in [0.15, 0.2) is 6.07 Å². The molecule has 2 rings (SSSR count). The van der Waals surface area contributed by atoms with Crippen LogP contribution in [-0.2, 0) is 5.54 Å². The Labute approximate surface area is 91.1 Å². The maximum Gasteiger partial charge on any atom is 0.148 e. The summed E-state index contributed by atoms with van der Waals surface area (Å²) in [6.07, 6.45) is 3.40. The molecule has 1 aromatic heterocycles. The van der Waals surface area contributed by atoms with Gasteiger partial charge in [-0.15, -0.1) is 0 Å². The molecule has 0 spiro atoms. The summed E-state index contributed by atoms with van der Waals surface area (Å²) < 4.78 is 0. The zero-order valence-electron chi connectivity index (χ0n) is 9.75. The Kier molecular flexibility index (Phi) is 2.51. The maximum absolute atomic E-state index is 6.17. The molecule has 82 valence electrons. The van der Waals surface area contributed by atoms with Crippen molar-refractivity contribution in [2.24, 2.45) is 5.73 Å². The summed E-state index contributed by atoms with van der Waals surface area (Å²) >= 11 is 0. The van der Waals surface area contributed by atoms with Gasteiger partial charge in [-0.1, -0.05) is 6.92 Å². The standard InChI is InChI=1S/C12H19N3/c1-4-12(3,13)11-14-8(2)7-10(15-11)9-5-6-9/h7,9H,4-6,13H2,1-3H3. The minimum Gasteiger partial charge on any atom is -0.319 e. The van der Waals surface area contributed by atoms with Crippen molar-refractivity contribution in [1.29, 1.82) is 0 Å². The molecular weight excluding hydrogens is 186 g/mol. The molecule has 0 bridgehead atoms. The molecule has 1 atom stereocenters. The van der Waals surface area contributed by atoms with E-state index in [4.69, 9.17) is 5.73 Å². The zero-order valence-corrected chi connectivity index (χ0v) is 9.75. The minimum absolute atomic E-state index is 0.393. The summed E-state index contributed by atoms with van der Waals surface area (Å²) in [6, 6.07) is 2.09. The highest BCUT2D eigenvalue weighted by molar-refractivity contribution is 5.20. The van der Waals surface area contributed by atoms with Gasteiger partial charge in [-0.25, -0.2) is 9.97 Å². The van der Waals surface area contributed by atoms with Gasteiger partial charge in [0.25, 0.3) is 0 Å². The predicted molar refractivity (Wildman–Crippen MR) is 60.6 cm³/mol. The Morgan fingerprint density at radius 1 is 1.47 bits per heavy atom. The fourth-order valence-corrected chi connectivity index (χ4v) is 1.59. The molecule has 1 aromatic rings. The van der Waals surface area contributed by atoms with Crippen LogP contribution in [0.4, 0.5) is 0 Å². The van der Waals surface area contributed by atoms with Crippen LogP contribution >= 0.6 is 0 Å². The van der Waals surface area contributed by atoms with Crippen LogP contribution in [-0.4, -0.2) is 9.97 Å². The van der Waals surface area contributed by atoms with Gasteiger partial charge in [0.15, 0.2) is 0 Å². The van der Waals surface area contributed by atoms with Crippen molar-refractivity contribution < 1.29 is 0 Å². The van der Waals surface area contributed by atoms with Crippen molar-refractivity contribution in [2.75, 3.05) is 0 Å². The summed E-state index contributed by atoms with van der Waals surface area (Å²) in [5.41, 5.74) is 7.99. The first-order valence-corrected chi connectivity index (χ1v) is 5.68. The minimum atomic E-state index is -0.393. The van der Waals surface area contributed by atoms with Crippen molar-refractivity contribution in [1.82, 2.24) is 9.97 Å². The summed E-state index contributed by atoms with van der Waals surface area (Å²) in [5.74, 6) is 1.46. The SMILES string of the molecule is CCC(C)(N)c1nc(C)cc(C2CC2)n1. The molecule has 1 heterocycles. The lowest BCUT2D eigenvalue weighted by Crippen LogP contribution is -2.34. The van der Waals surface area contributed by atoms with Crippen LogP contribution in [0.1, 0.15) is 56.2 Å². The molecule has 0 amide bonds. The Bertz CT molecular complexity index is 367. The van der Waals surface area contributed by atoms with Gasteiger partial charge < -0.3 is 5.73 Å². The number of nitrogens with zero attached hydrogens (tertiary/aromatic N) is 2. The Balaban J connectivity index is 2.38. The highest BCUT2D eigenvalue weighted by atomic mass is 15.0.